The summed E-state index contributed by atoms with van der Waals surface area (Å²) in [5.41, 5.74) is 11.9. The maximum Gasteiger partial charge on any atom is 0.270 e. The molecule has 4 N–H and O–H groups in total. The van der Waals surface area contributed by atoms with Gasteiger partial charge < -0.3 is 11.5 Å². The molecule has 0 saturated carbocycles. The summed E-state index contributed by atoms with van der Waals surface area (Å²) in [4.78, 5) is 37.2. The lowest BCUT2D eigenvalue weighted by atomic mass is 10.0. The summed E-state index contributed by atoms with van der Waals surface area (Å²) in [7, 11) is 0. The minimum atomic E-state index is -0.876. The van der Waals surface area contributed by atoms with Crippen molar-refractivity contribution in [3.8, 4) is 0 Å². The Labute approximate surface area is 116 Å². The van der Waals surface area contributed by atoms with Gasteiger partial charge in [-0.2, -0.15) is 0 Å². The molecule has 1 aliphatic rings. The second-order valence-electron chi connectivity index (χ2n) is 5.29. The zero-order valence-corrected chi connectivity index (χ0v) is 11.4. The molecule has 0 fully saturated rings. The first kappa shape index (κ1) is 14.2. The Kier molecular flexibility index (Phi) is 3.59. The molecule has 0 aromatic heterocycles. The highest BCUT2D eigenvalue weighted by Gasteiger charge is 2.42. The van der Waals surface area contributed by atoms with Gasteiger partial charge in [-0.3, -0.25) is 14.4 Å². The van der Waals surface area contributed by atoms with Gasteiger partial charge >= 0.3 is 0 Å². The fourth-order valence-electron chi connectivity index (χ4n) is 2.29. The summed E-state index contributed by atoms with van der Waals surface area (Å²) in [6.07, 6.45) is 0.404. The van der Waals surface area contributed by atoms with Crippen LogP contribution in [0.2, 0.25) is 0 Å². The number of hydrogen-bond donors (Lipinski definition) is 2. The first-order chi connectivity index (χ1) is 9.34. The highest BCUT2D eigenvalue weighted by molar-refractivity contribution is 6.31. The lowest BCUT2D eigenvalue weighted by Crippen LogP contribution is -2.47. The summed E-state index contributed by atoms with van der Waals surface area (Å²) in [5.74, 6) is -1.83. The van der Waals surface area contributed by atoms with E-state index in [1.165, 1.54) is 12.1 Å². The Balaban J connectivity index is 2.33. The summed E-state index contributed by atoms with van der Waals surface area (Å²) in [5, 5.41) is 0. The van der Waals surface area contributed by atoms with Crippen LogP contribution in [0.15, 0.2) is 18.2 Å². The minimum Gasteiger partial charge on any atom is -0.398 e. The first-order valence-corrected chi connectivity index (χ1v) is 6.41. The van der Waals surface area contributed by atoms with Gasteiger partial charge in [-0.05, 0) is 24.5 Å². The van der Waals surface area contributed by atoms with Crippen LogP contribution >= 0.6 is 0 Å². The number of nitrogens with two attached hydrogens (primary N) is 2. The molecule has 106 valence electrons. The maximum atomic E-state index is 12.2. The van der Waals surface area contributed by atoms with Gasteiger partial charge in [0.2, 0.25) is 0 Å². The molecule has 0 unspecified atom stereocenters. The molecule has 0 spiro atoms. The van der Waals surface area contributed by atoms with Crippen molar-refractivity contribution < 1.29 is 14.4 Å². The topological polar surface area (TPSA) is 106 Å². The number of anilines is 1. The Morgan fingerprint density at radius 2 is 1.90 bits per heavy atom. The van der Waals surface area contributed by atoms with Gasteiger partial charge in [0, 0.05) is 5.69 Å². The fourth-order valence-corrected chi connectivity index (χ4v) is 2.29. The number of carbonyl (C=O) groups excluding carboxylic acids is 3. The van der Waals surface area contributed by atoms with Gasteiger partial charge in [0.1, 0.15) is 0 Å². The van der Waals surface area contributed by atoms with E-state index in [0.717, 1.165) is 0 Å². The smallest absolute Gasteiger partial charge is 0.270 e. The lowest BCUT2D eigenvalue weighted by molar-refractivity contribution is -0.128. The molecule has 0 radical (unpaired) electrons. The number of carbonyl (C=O) groups is 3. The van der Waals surface area contributed by atoms with Crippen LogP contribution in [0.4, 0.5) is 5.69 Å². The van der Waals surface area contributed by atoms with E-state index < -0.39 is 23.8 Å². The van der Waals surface area contributed by atoms with Gasteiger partial charge in [-0.15, -0.1) is 0 Å². The van der Waals surface area contributed by atoms with Crippen molar-refractivity contribution in [2.45, 2.75) is 26.3 Å². The van der Waals surface area contributed by atoms with Crippen molar-refractivity contribution in [1.82, 2.24) is 4.90 Å². The average Bonchev–Trinajstić information content (AvgIpc) is 2.61. The number of fused-ring (bicyclic) bond motifs is 1. The zero-order valence-electron chi connectivity index (χ0n) is 11.4. The van der Waals surface area contributed by atoms with E-state index in [0.29, 0.717) is 11.3 Å². The summed E-state index contributed by atoms with van der Waals surface area (Å²) >= 11 is 0. The number of nitrogen functional groups attached to an aromatic ring is 1. The predicted octanol–water partition coefficient (Wildman–Crippen LogP) is 0.765. The normalized spacial score (nSPS) is 15.7. The summed E-state index contributed by atoms with van der Waals surface area (Å²) in [6, 6.07) is 3.69. The molecule has 0 saturated heterocycles. The van der Waals surface area contributed by atoms with E-state index in [1.807, 2.05) is 13.8 Å². The van der Waals surface area contributed by atoms with E-state index >= 15 is 0 Å². The molecule has 0 aliphatic carbocycles. The highest BCUT2D eigenvalue weighted by atomic mass is 16.2. The molecule has 1 aromatic rings. The first-order valence-electron chi connectivity index (χ1n) is 6.41. The SMILES string of the molecule is CC(C)C[C@H](N)C(=O)N1C(=O)c2cccc(N)c2C1=O. The van der Waals surface area contributed by atoms with Crippen molar-refractivity contribution in [3.63, 3.8) is 0 Å². The molecule has 2 rings (SSSR count). The molecule has 6 heteroatoms. The van der Waals surface area contributed by atoms with Crippen molar-refractivity contribution >= 4 is 23.4 Å². The second-order valence-corrected chi connectivity index (χ2v) is 5.29. The van der Waals surface area contributed by atoms with Crippen LogP contribution in [0.25, 0.3) is 0 Å². The van der Waals surface area contributed by atoms with Gasteiger partial charge in [-0.1, -0.05) is 19.9 Å². The van der Waals surface area contributed by atoms with Crippen molar-refractivity contribution in [3.05, 3.63) is 29.3 Å². The Bertz CT molecular complexity index is 595. The Morgan fingerprint density at radius 1 is 1.25 bits per heavy atom. The number of nitrogens with zero attached hydrogens (tertiary/aromatic N) is 1. The summed E-state index contributed by atoms with van der Waals surface area (Å²) in [6.45, 7) is 3.82. The minimum absolute atomic E-state index is 0.0857. The molecule has 6 nitrogen and oxygen atoms in total. The van der Waals surface area contributed by atoms with Crippen LogP contribution in [-0.2, 0) is 4.79 Å². The average molecular weight is 275 g/mol. The molecule has 1 aromatic carbocycles. The second kappa shape index (κ2) is 5.05. The van der Waals surface area contributed by atoms with Gasteiger partial charge in [0.25, 0.3) is 17.7 Å². The van der Waals surface area contributed by atoms with E-state index in [-0.39, 0.29) is 22.7 Å². The molecule has 0 bridgehead atoms. The number of rotatable bonds is 3. The molecular formula is C14H17N3O3. The lowest BCUT2D eigenvalue weighted by Gasteiger charge is -2.18. The maximum absolute atomic E-state index is 12.2. The van der Waals surface area contributed by atoms with Gasteiger partial charge in [-0.25, -0.2) is 4.90 Å². The molecule has 1 aliphatic heterocycles. The number of hydrogen-bond acceptors (Lipinski definition) is 5. The van der Waals surface area contributed by atoms with E-state index in [4.69, 9.17) is 11.5 Å². The van der Waals surface area contributed by atoms with Gasteiger partial charge in [0.15, 0.2) is 0 Å². The largest absolute Gasteiger partial charge is 0.398 e. The predicted molar refractivity (Wildman–Crippen MR) is 73.8 cm³/mol. The number of benzene rings is 1. The van der Waals surface area contributed by atoms with Crippen LogP contribution in [0.1, 0.15) is 41.0 Å². The van der Waals surface area contributed by atoms with Crippen molar-refractivity contribution in [2.24, 2.45) is 11.7 Å². The standard InChI is InChI=1S/C14H17N3O3/c1-7(2)6-10(16)13(19)17-12(18)8-4-3-5-9(15)11(8)14(17)20/h3-5,7,10H,6,15-16H2,1-2H3/t10-/m0/s1. The molecule has 20 heavy (non-hydrogen) atoms. The summed E-state index contributed by atoms with van der Waals surface area (Å²) < 4.78 is 0. The number of amides is 3. The quantitative estimate of drug-likeness (QED) is 0.625. The fraction of sp³-hybridized carbons (Fsp3) is 0.357. The van der Waals surface area contributed by atoms with Crippen molar-refractivity contribution in [1.29, 1.82) is 0 Å². The zero-order chi connectivity index (χ0) is 15.0. The van der Waals surface area contributed by atoms with Crippen LogP contribution in [0.5, 0.6) is 0 Å². The molecule has 3 amide bonds. The highest BCUT2D eigenvalue weighted by Crippen LogP contribution is 2.28. The van der Waals surface area contributed by atoms with E-state index in [9.17, 15) is 14.4 Å². The Morgan fingerprint density at radius 3 is 2.45 bits per heavy atom. The monoisotopic (exact) mass is 275 g/mol. The molecular weight excluding hydrogens is 258 g/mol. The van der Waals surface area contributed by atoms with Crippen LogP contribution in [-0.4, -0.2) is 28.7 Å². The van der Waals surface area contributed by atoms with Crippen LogP contribution in [0, 0.1) is 5.92 Å². The van der Waals surface area contributed by atoms with Crippen molar-refractivity contribution in [2.75, 3.05) is 5.73 Å². The van der Waals surface area contributed by atoms with Crippen LogP contribution in [0.3, 0.4) is 0 Å². The van der Waals surface area contributed by atoms with E-state index in [1.54, 1.807) is 6.07 Å². The van der Waals surface area contributed by atoms with E-state index in [2.05, 4.69) is 0 Å². The Hall–Kier alpha value is -2.21. The molecule has 1 heterocycles. The third kappa shape index (κ3) is 2.18. The van der Waals surface area contributed by atoms with Gasteiger partial charge in [0.05, 0.1) is 17.2 Å². The van der Waals surface area contributed by atoms with Crippen LogP contribution < -0.4 is 11.5 Å². The third-order valence-corrected chi connectivity index (χ3v) is 3.21. The molecule has 1 atom stereocenters. The third-order valence-electron chi connectivity index (χ3n) is 3.21. The number of imide groups is 3.